The van der Waals surface area contributed by atoms with E-state index in [2.05, 4.69) is 14.8 Å². The Morgan fingerprint density at radius 3 is 2.92 bits per heavy atom. The molecular formula is C7H12N4O2. The average Bonchev–Trinajstić information content (AvgIpc) is 2.53. The minimum absolute atomic E-state index is 0.155. The molecule has 0 aliphatic heterocycles. The van der Waals surface area contributed by atoms with Crippen LogP contribution in [0.5, 0.6) is 0 Å². The highest BCUT2D eigenvalue weighted by Crippen LogP contribution is 2.11. The first-order valence-corrected chi connectivity index (χ1v) is 3.93. The van der Waals surface area contributed by atoms with E-state index in [0.717, 1.165) is 0 Å². The molecule has 2 N–H and O–H groups in total. The lowest BCUT2D eigenvalue weighted by Gasteiger charge is -2.11. The third-order valence-corrected chi connectivity index (χ3v) is 1.71. The summed E-state index contributed by atoms with van der Waals surface area (Å²) >= 11 is 0. The molecular weight excluding hydrogens is 172 g/mol. The van der Waals surface area contributed by atoms with Crippen molar-refractivity contribution in [1.29, 1.82) is 0 Å². The highest BCUT2D eigenvalue weighted by molar-refractivity contribution is 5.73. The van der Waals surface area contributed by atoms with Gasteiger partial charge in [-0.2, -0.15) is 0 Å². The Morgan fingerprint density at radius 1 is 1.85 bits per heavy atom. The first kappa shape index (κ1) is 9.50. The molecule has 0 fully saturated rings. The summed E-state index contributed by atoms with van der Waals surface area (Å²) in [5, 5.41) is 3.83. The number of ether oxygens (including phenoxy) is 1. The van der Waals surface area contributed by atoms with Gasteiger partial charge in [-0.1, -0.05) is 6.92 Å². The summed E-state index contributed by atoms with van der Waals surface area (Å²) in [7, 11) is 1.34. The van der Waals surface area contributed by atoms with Crippen LogP contribution >= 0.6 is 0 Å². The number of esters is 1. The highest BCUT2D eigenvalue weighted by atomic mass is 16.5. The zero-order valence-electron chi connectivity index (χ0n) is 7.60. The quantitative estimate of drug-likeness (QED) is 0.668. The van der Waals surface area contributed by atoms with Crippen molar-refractivity contribution in [3.05, 3.63) is 6.33 Å². The number of nitrogens with two attached hydrogens (primary N) is 1. The SMILES string of the molecule is CCC(C(=O)OC)n1cnc(N)n1. The molecule has 0 amide bonds. The third-order valence-electron chi connectivity index (χ3n) is 1.71. The number of rotatable bonds is 3. The Labute approximate surface area is 75.7 Å². The normalized spacial score (nSPS) is 12.5. The predicted octanol–water partition coefficient (Wildman–Crippen LogP) is -0.0156. The van der Waals surface area contributed by atoms with Crippen molar-refractivity contribution >= 4 is 11.9 Å². The van der Waals surface area contributed by atoms with Crippen LogP contribution in [0.2, 0.25) is 0 Å². The molecule has 0 bridgehead atoms. The van der Waals surface area contributed by atoms with Crippen molar-refractivity contribution in [2.24, 2.45) is 0 Å². The van der Waals surface area contributed by atoms with Crippen LogP contribution in [0, 0.1) is 0 Å². The molecule has 1 rings (SSSR count). The van der Waals surface area contributed by atoms with Gasteiger partial charge in [-0.15, -0.1) is 5.10 Å². The van der Waals surface area contributed by atoms with E-state index in [4.69, 9.17) is 5.73 Å². The Bertz CT molecular complexity index is 296. The molecule has 72 valence electrons. The number of carbonyl (C=O) groups excluding carboxylic acids is 1. The molecule has 1 heterocycles. The Hall–Kier alpha value is -1.59. The molecule has 0 aliphatic carbocycles. The first-order chi connectivity index (χ1) is 6.19. The number of nitrogen functional groups attached to an aromatic ring is 1. The molecule has 1 atom stereocenters. The fourth-order valence-electron chi connectivity index (χ4n) is 1.04. The maximum absolute atomic E-state index is 11.2. The van der Waals surface area contributed by atoms with Gasteiger partial charge in [0.15, 0.2) is 6.04 Å². The van der Waals surface area contributed by atoms with Crippen molar-refractivity contribution < 1.29 is 9.53 Å². The molecule has 0 spiro atoms. The van der Waals surface area contributed by atoms with E-state index >= 15 is 0 Å². The molecule has 1 unspecified atom stereocenters. The summed E-state index contributed by atoms with van der Waals surface area (Å²) in [6, 6.07) is -0.435. The van der Waals surface area contributed by atoms with Gasteiger partial charge in [-0.25, -0.2) is 14.5 Å². The predicted molar refractivity (Wildman–Crippen MR) is 45.8 cm³/mol. The van der Waals surface area contributed by atoms with Crippen LogP contribution in [0.25, 0.3) is 0 Å². The molecule has 0 radical (unpaired) electrons. The van der Waals surface area contributed by atoms with Gasteiger partial charge in [0.25, 0.3) is 0 Å². The van der Waals surface area contributed by atoms with Crippen molar-refractivity contribution in [3.8, 4) is 0 Å². The van der Waals surface area contributed by atoms with E-state index in [9.17, 15) is 4.79 Å². The standard InChI is InChI=1S/C7H12N4O2/c1-3-5(6(12)13-2)11-4-9-7(8)10-11/h4-5H,3H2,1-2H3,(H2,8,10). The Morgan fingerprint density at radius 2 is 2.54 bits per heavy atom. The summed E-state index contributed by atoms with van der Waals surface area (Å²) < 4.78 is 6.00. The second kappa shape index (κ2) is 3.88. The number of carbonyl (C=O) groups is 1. The van der Waals surface area contributed by atoms with E-state index < -0.39 is 6.04 Å². The van der Waals surface area contributed by atoms with Crippen LogP contribution in [0.1, 0.15) is 19.4 Å². The van der Waals surface area contributed by atoms with Crippen molar-refractivity contribution in [2.45, 2.75) is 19.4 Å². The Kier molecular flexibility index (Phi) is 2.84. The average molecular weight is 184 g/mol. The molecule has 0 aromatic carbocycles. The summed E-state index contributed by atoms with van der Waals surface area (Å²) in [4.78, 5) is 14.9. The van der Waals surface area contributed by atoms with Crippen molar-refractivity contribution in [1.82, 2.24) is 14.8 Å². The second-order valence-electron chi connectivity index (χ2n) is 2.53. The van der Waals surface area contributed by atoms with E-state index in [1.165, 1.54) is 18.1 Å². The molecule has 6 heteroatoms. The molecule has 1 aromatic heterocycles. The van der Waals surface area contributed by atoms with Crippen LogP contribution in [0.3, 0.4) is 0 Å². The number of hydrogen-bond donors (Lipinski definition) is 1. The lowest BCUT2D eigenvalue weighted by molar-refractivity contribution is -0.145. The van der Waals surface area contributed by atoms with Gasteiger partial charge in [0.1, 0.15) is 6.33 Å². The summed E-state index contributed by atoms with van der Waals surface area (Å²) in [5.74, 6) is -0.185. The zero-order valence-corrected chi connectivity index (χ0v) is 7.60. The second-order valence-corrected chi connectivity index (χ2v) is 2.53. The first-order valence-electron chi connectivity index (χ1n) is 3.93. The van der Waals surface area contributed by atoms with Crippen LogP contribution in [0.4, 0.5) is 5.95 Å². The lowest BCUT2D eigenvalue weighted by atomic mass is 10.2. The number of hydrogen-bond acceptors (Lipinski definition) is 5. The number of aromatic nitrogens is 3. The van der Waals surface area contributed by atoms with Crippen LogP contribution < -0.4 is 5.73 Å². The molecule has 13 heavy (non-hydrogen) atoms. The Balaban J connectivity index is 2.84. The zero-order chi connectivity index (χ0) is 9.84. The van der Waals surface area contributed by atoms with Gasteiger partial charge >= 0.3 is 5.97 Å². The maximum atomic E-state index is 11.2. The molecule has 6 nitrogen and oxygen atoms in total. The van der Waals surface area contributed by atoms with Gasteiger partial charge in [0.05, 0.1) is 7.11 Å². The topological polar surface area (TPSA) is 83.0 Å². The van der Waals surface area contributed by atoms with Crippen LogP contribution in [-0.2, 0) is 9.53 Å². The molecule has 0 aliphatic rings. The van der Waals surface area contributed by atoms with E-state index in [1.54, 1.807) is 0 Å². The molecule has 1 aromatic rings. The van der Waals surface area contributed by atoms with E-state index in [-0.39, 0.29) is 11.9 Å². The van der Waals surface area contributed by atoms with Gasteiger partial charge in [0, 0.05) is 0 Å². The third kappa shape index (κ3) is 1.95. The minimum Gasteiger partial charge on any atom is -0.467 e. The lowest BCUT2D eigenvalue weighted by Crippen LogP contribution is -2.20. The van der Waals surface area contributed by atoms with Gasteiger partial charge in [-0.05, 0) is 6.42 Å². The van der Waals surface area contributed by atoms with Crippen LogP contribution in [0.15, 0.2) is 6.33 Å². The summed E-state index contributed by atoms with van der Waals surface area (Å²) in [6.07, 6.45) is 2.01. The van der Waals surface area contributed by atoms with Gasteiger partial charge in [0.2, 0.25) is 5.95 Å². The fraction of sp³-hybridized carbons (Fsp3) is 0.571. The molecule has 0 saturated carbocycles. The summed E-state index contributed by atoms with van der Waals surface area (Å²) in [6.45, 7) is 1.86. The number of anilines is 1. The van der Waals surface area contributed by atoms with Crippen LogP contribution in [-0.4, -0.2) is 27.8 Å². The number of methoxy groups -OCH3 is 1. The highest BCUT2D eigenvalue weighted by Gasteiger charge is 2.19. The van der Waals surface area contributed by atoms with E-state index in [0.29, 0.717) is 6.42 Å². The monoisotopic (exact) mass is 184 g/mol. The van der Waals surface area contributed by atoms with Crippen molar-refractivity contribution in [3.63, 3.8) is 0 Å². The maximum Gasteiger partial charge on any atom is 0.330 e. The summed E-state index contributed by atoms with van der Waals surface area (Å²) in [5.41, 5.74) is 5.32. The minimum atomic E-state index is -0.435. The van der Waals surface area contributed by atoms with E-state index in [1.807, 2.05) is 6.92 Å². The van der Waals surface area contributed by atoms with Gasteiger partial charge < -0.3 is 10.5 Å². The molecule has 0 saturated heterocycles. The number of nitrogens with zero attached hydrogens (tertiary/aromatic N) is 3. The van der Waals surface area contributed by atoms with Gasteiger partial charge in [-0.3, -0.25) is 0 Å². The van der Waals surface area contributed by atoms with Crippen molar-refractivity contribution in [2.75, 3.05) is 12.8 Å². The largest absolute Gasteiger partial charge is 0.467 e. The fourth-order valence-corrected chi connectivity index (χ4v) is 1.04. The smallest absolute Gasteiger partial charge is 0.330 e.